The third-order valence-electron chi connectivity index (χ3n) is 3.54. The molecule has 2 atom stereocenters. The number of nitrogens with zero attached hydrogens (tertiary/aromatic N) is 5. The number of carbonyl (C=O) groups is 1. The number of aromatic nitrogens is 4. The Morgan fingerprint density at radius 3 is 2.60 bits per heavy atom. The molecule has 7 heteroatoms. The van der Waals surface area contributed by atoms with Crippen LogP contribution in [0.1, 0.15) is 18.2 Å². The van der Waals surface area contributed by atoms with Gasteiger partial charge in [0.1, 0.15) is 0 Å². The Morgan fingerprint density at radius 2 is 2.05 bits per heavy atom. The number of aliphatic carboxylic acids is 1. The highest BCUT2D eigenvalue weighted by Gasteiger charge is 2.47. The maximum Gasteiger partial charge on any atom is 0.307 e. The van der Waals surface area contributed by atoms with E-state index in [1.165, 1.54) is 0 Å². The predicted octanol–water partition coefficient (Wildman–Crippen LogP) is 0.916. The van der Waals surface area contributed by atoms with Crippen molar-refractivity contribution < 1.29 is 9.90 Å². The summed E-state index contributed by atoms with van der Waals surface area (Å²) in [6.07, 6.45) is 0.603. The van der Waals surface area contributed by atoms with Crippen LogP contribution in [0.4, 0.5) is 5.69 Å². The molecule has 1 aromatic heterocycles. The van der Waals surface area contributed by atoms with Crippen LogP contribution < -0.4 is 4.90 Å². The molecule has 0 aliphatic heterocycles. The molecule has 20 heavy (non-hydrogen) atoms. The minimum atomic E-state index is -0.785. The van der Waals surface area contributed by atoms with Crippen LogP contribution in [-0.2, 0) is 4.79 Å². The van der Waals surface area contributed by atoms with Gasteiger partial charge >= 0.3 is 5.97 Å². The van der Waals surface area contributed by atoms with Crippen LogP contribution in [0.25, 0.3) is 5.69 Å². The monoisotopic (exact) mass is 273 g/mol. The zero-order valence-electron chi connectivity index (χ0n) is 11.3. The minimum absolute atomic E-state index is 0.0870. The van der Waals surface area contributed by atoms with E-state index in [1.807, 2.05) is 43.3 Å². The Hall–Kier alpha value is -2.44. The van der Waals surface area contributed by atoms with E-state index in [2.05, 4.69) is 15.5 Å². The van der Waals surface area contributed by atoms with E-state index < -0.39 is 5.97 Å². The normalized spacial score (nSPS) is 20.7. The standard InChI is InChI=1S/C13H15N5O2/c1-17(2)8-3-5-9(6-4-8)18-12(14-15-16-18)10-7-11(10)13(19)20/h3-6,10-11H,7H2,1-2H3,(H,19,20). The van der Waals surface area contributed by atoms with Crippen molar-refractivity contribution in [2.45, 2.75) is 12.3 Å². The summed E-state index contributed by atoms with van der Waals surface area (Å²) < 4.78 is 1.62. The van der Waals surface area contributed by atoms with Gasteiger partial charge in [-0.25, -0.2) is 0 Å². The molecule has 0 amide bonds. The molecule has 3 rings (SSSR count). The zero-order chi connectivity index (χ0) is 14.3. The van der Waals surface area contributed by atoms with E-state index in [1.54, 1.807) is 4.68 Å². The fourth-order valence-corrected chi connectivity index (χ4v) is 2.25. The molecule has 2 unspecified atom stereocenters. The maximum atomic E-state index is 11.0. The second kappa shape index (κ2) is 4.59. The second-order valence-corrected chi connectivity index (χ2v) is 5.15. The highest BCUT2D eigenvalue weighted by atomic mass is 16.4. The number of rotatable bonds is 4. The molecular formula is C13H15N5O2. The first-order valence-corrected chi connectivity index (χ1v) is 6.37. The summed E-state index contributed by atoms with van der Waals surface area (Å²) in [5, 5.41) is 20.6. The van der Waals surface area contributed by atoms with Gasteiger partial charge in [-0.1, -0.05) is 0 Å². The quantitative estimate of drug-likeness (QED) is 0.891. The lowest BCUT2D eigenvalue weighted by atomic mass is 10.2. The van der Waals surface area contributed by atoms with E-state index in [-0.39, 0.29) is 11.8 Å². The lowest BCUT2D eigenvalue weighted by molar-refractivity contribution is -0.138. The number of hydrogen-bond donors (Lipinski definition) is 1. The third kappa shape index (κ3) is 2.11. The number of tetrazole rings is 1. The predicted molar refractivity (Wildman–Crippen MR) is 72.0 cm³/mol. The summed E-state index contributed by atoms with van der Waals surface area (Å²) in [6.45, 7) is 0. The van der Waals surface area contributed by atoms with E-state index in [0.29, 0.717) is 12.2 Å². The van der Waals surface area contributed by atoms with Gasteiger partial charge in [-0.15, -0.1) is 5.10 Å². The van der Waals surface area contributed by atoms with Crippen LogP contribution in [0, 0.1) is 5.92 Å². The van der Waals surface area contributed by atoms with Crippen LogP contribution in [0.5, 0.6) is 0 Å². The van der Waals surface area contributed by atoms with Gasteiger partial charge in [0, 0.05) is 25.7 Å². The van der Waals surface area contributed by atoms with Crippen molar-refractivity contribution in [1.82, 2.24) is 20.2 Å². The molecule has 0 bridgehead atoms. The third-order valence-corrected chi connectivity index (χ3v) is 3.54. The smallest absolute Gasteiger partial charge is 0.307 e. The molecule has 0 saturated heterocycles. The molecule has 104 valence electrons. The number of benzene rings is 1. The molecule has 1 heterocycles. The minimum Gasteiger partial charge on any atom is -0.481 e. The van der Waals surface area contributed by atoms with Gasteiger partial charge in [-0.2, -0.15) is 4.68 Å². The number of anilines is 1. The summed E-state index contributed by atoms with van der Waals surface area (Å²) in [6, 6.07) is 7.80. The van der Waals surface area contributed by atoms with Crippen LogP contribution in [-0.4, -0.2) is 45.4 Å². The number of hydrogen-bond acceptors (Lipinski definition) is 5. The van der Waals surface area contributed by atoms with E-state index in [4.69, 9.17) is 5.11 Å². The fraction of sp³-hybridized carbons (Fsp3) is 0.385. The van der Waals surface area contributed by atoms with Gasteiger partial charge in [0.25, 0.3) is 0 Å². The molecule has 1 fully saturated rings. The Balaban J connectivity index is 1.88. The Labute approximate surface area is 115 Å². The van der Waals surface area contributed by atoms with E-state index in [9.17, 15) is 4.79 Å². The lowest BCUT2D eigenvalue weighted by Gasteiger charge is -2.12. The Bertz CT molecular complexity index is 634. The molecular weight excluding hydrogens is 258 g/mol. The molecule has 2 aromatic rings. The summed E-state index contributed by atoms with van der Waals surface area (Å²) in [4.78, 5) is 13.0. The van der Waals surface area contributed by atoms with Crippen LogP contribution in [0.15, 0.2) is 24.3 Å². The van der Waals surface area contributed by atoms with Crippen LogP contribution in [0.3, 0.4) is 0 Å². The average Bonchev–Trinajstić information content (AvgIpc) is 3.09. The summed E-state index contributed by atoms with van der Waals surface area (Å²) >= 11 is 0. The van der Waals surface area contributed by atoms with Crippen molar-refractivity contribution in [2.24, 2.45) is 5.92 Å². The van der Waals surface area contributed by atoms with Gasteiger partial charge in [-0.3, -0.25) is 4.79 Å². The molecule has 0 radical (unpaired) electrons. The first-order valence-electron chi connectivity index (χ1n) is 6.37. The summed E-state index contributed by atoms with van der Waals surface area (Å²) in [7, 11) is 3.94. The highest BCUT2D eigenvalue weighted by Crippen LogP contribution is 2.46. The van der Waals surface area contributed by atoms with Gasteiger partial charge in [0.05, 0.1) is 11.6 Å². The van der Waals surface area contributed by atoms with E-state index in [0.717, 1.165) is 11.4 Å². The largest absolute Gasteiger partial charge is 0.481 e. The molecule has 1 aliphatic rings. The Morgan fingerprint density at radius 1 is 1.35 bits per heavy atom. The lowest BCUT2D eigenvalue weighted by Crippen LogP contribution is -2.09. The molecule has 1 saturated carbocycles. The maximum absolute atomic E-state index is 11.0. The molecule has 1 aromatic carbocycles. The number of carboxylic acids is 1. The highest BCUT2D eigenvalue weighted by molar-refractivity contribution is 5.74. The SMILES string of the molecule is CN(C)c1ccc(-n2nnnc2C2CC2C(=O)O)cc1. The van der Waals surface area contributed by atoms with Crippen molar-refractivity contribution in [3.8, 4) is 5.69 Å². The second-order valence-electron chi connectivity index (χ2n) is 5.15. The van der Waals surface area contributed by atoms with Crippen molar-refractivity contribution in [3.05, 3.63) is 30.1 Å². The van der Waals surface area contributed by atoms with Crippen molar-refractivity contribution in [3.63, 3.8) is 0 Å². The topological polar surface area (TPSA) is 84.1 Å². The molecule has 1 N–H and O–H groups in total. The van der Waals surface area contributed by atoms with Gasteiger partial charge in [0.2, 0.25) is 0 Å². The van der Waals surface area contributed by atoms with Crippen LogP contribution in [0.2, 0.25) is 0 Å². The first-order chi connectivity index (χ1) is 9.58. The average molecular weight is 273 g/mol. The van der Waals surface area contributed by atoms with Crippen molar-refractivity contribution >= 4 is 11.7 Å². The Kier molecular flexibility index (Phi) is 2.89. The molecule has 7 nitrogen and oxygen atoms in total. The van der Waals surface area contributed by atoms with Gasteiger partial charge in [0.15, 0.2) is 5.82 Å². The zero-order valence-corrected chi connectivity index (χ0v) is 11.3. The van der Waals surface area contributed by atoms with Gasteiger partial charge < -0.3 is 10.0 Å². The van der Waals surface area contributed by atoms with Crippen molar-refractivity contribution in [2.75, 3.05) is 19.0 Å². The summed E-state index contributed by atoms with van der Waals surface area (Å²) in [5.41, 5.74) is 1.92. The van der Waals surface area contributed by atoms with Gasteiger partial charge in [-0.05, 0) is 41.1 Å². The van der Waals surface area contributed by atoms with E-state index >= 15 is 0 Å². The van der Waals surface area contributed by atoms with Crippen molar-refractivity contribution in [1.29, 1.82) is 0 Å². The molecule has 0 spiro atoms. The van der Waals surface area contributed by atoms with Crippen LogP contribution >= 0.6 is 0 Å². The number of carboxylic acid groups (broad SMARTS) is 1. The fourth-order valence-electron chi connectivity index (χ4n) is 2.25. The molecule has 1 aliphatic carbocycles. The first kappa shape index (κ1) is 12.6. The summed E-state index contributed by atoms with van der Waals surface area (Å²) in [5.74, 6) is -0.612.